The maximum atomic E-state index is 11.0. The van der Waals surface area contributed by atoms with Gasteiger partial charge in [0.1, 0.15) is 0 Å². The molecule has 0 fully saturated rings. The number of rotatable bonds is 7. The van der Waals surface area contributed by atoms with Crippen LogP contribution in [-0.2, 0) is 6.54 Å². The van der Waals surface area contributed by atoms with Crippen molar-refractivity contribution < 1.29 is 9.66 Å². The average molecular weight is 286 g/mol. The third-order valence-electron chi connectivity index (χ3n) is 2.96. The summed E-state index contributed by atoms with van der Waals surface area (Å²) in [6.07, 6.45) is 0.804. The third-order valence-corrected chi connectivity index (χ3v) is 2.96. The molecule has 2 aromatic carbocycles. The molecule has 0 amide bonds. The van der Waals surface area contributed by atoms with Gasteiger partial charge in [0, 0.05) is 24.4 Å². The molecule has 0 aliphatic heterocycles. The lowest BCUT2D eigenvalue weighted by Gasteiger charge is -2.10. The Morgan fingerprint density at radius 3 is 2.62 bits per heavy atom. The lowest BCUT2D eigenvalue weighted by atomic mass is 10.2. The zero-order valence-corrected chi connectivity index (χ0v) is 11.9. The van der Waals surface area contributed by atoms with Crippen LogP contribution in [0.25, 0.3) is 0 Å². The summed E-state index contributed by atoms with van der Waals surface area (Å²) in [5.74, 6) is 0.305. The summed E-state index contributed by atoms with van der Waals surface area (Å²) in [6, 6.07) is 14.8. The van der Waals surface area contributed by atoms with Crippen molar-refractivity contribution in [2.45, 2.75) is 19.9 Å². The molecular formula is C16H18N2O3. The zero-order chi connectivity index (χ0) is 15.1. The van der Waals surface area contributed by atoms with E-state index in [2.05, 4.69) is 5.32 Å². The van der Waals surface area contributed by atoms with Crippen LogP contribution in [0.5, 0.6) is 5.75 Å². The largest absolute Gasteiger partial charge is 0.487 e. The average Bonchev–Trinajstić information content (AvgIpc) is 2.51. The molecule has 0 aliphatic rings. The lowest BCUT2D eigenvalue weighted by Crippen LogP contribution is -2.02. The van der Waals surface area contributed by atoms with Gasteiger partial charge in [-0.1, -0.05) is 37.3 Å². The van der Waals surface area contributed by atoms with Gasteiger partial charge in [0.2, 0.25) is 0 Å². The summed E-state index contributed by atoms with van der Waals surface area (Å²) in [5, 5.41) is 14.2. The zero-order valence-electron chi connectivity index (χ0n) is 11.9. The molecule has 0 unspecified atom stereocenters. The van der Waals surface area contributed by atoms with Crippen LogP contribution in [0.4, 0.5) is 11.4 Å². The maximum absolute atomic E-state index is 11.0. The fourth-order valence-corrected chi connectivity index (χ4v) is 1.90. The van der Waals surface area contributed by atoms with Crippen molar-refractivity contribution in [1.29, 1.82) is 0 Å². The van der Waals surface area contributed by atoms with E-state index in [1.807, 2.05) is 37.3 Å². The highest BCUT2D eigenvalue weighted by molar-refractivity contribution is 5.58. The summed E-state index contributed by atoms with van der Waals surface area (Å²) in [5.41, 5.74) is 1.94. The van der Waals surface area contributed by atoms with E-state index in [4.69, 9.17) is 4.74 Å². The van der Waals surface area contributed by atoms with E-state index in [9.17, 15) is 10.1 Å². The van der Waals surface area contributed by atoms with Gasteiger partial charge in [0.15, 0.2) is 5.75 Å². The normalized spacial score (nSPS) is 10.1. The molecule has 2 aromatic rings. The van der Waals surface area contributed by atoms with Crippen LogP contribution in [0.15, 0.2) is 48.5 Å². The molecule has 2 rings (SSSR count). The molecule has 0 saturated carbocycles. The van der Waals surface area contributed by atoms with E-state index in [1.54, 1.807) is 12.1 Å². The Morgan fingerprint density at radius 1 is 1.19 bits per heavy atom. The number of nitrogens with one attached hydrogen (secondary N) is 1. The SMILES string of the molecule is CCCOc1cc(NCc2ccccc2)ccc1[N+](=O)[O-]. The highest BCUT2D eigenvalue weighted by Gasteiger charge is 2.15. The molecule has 110 valence electrons. The number of ether oxygens (including phenoxy) is 1. The Morgan fingerprint density at radius 2 is 1.95 bits per heavy atom. The number of nitro groups is 1. The van der Waals surface area contributed by atoms with Crippen LogP contribution in [0.1, 0.15) is 18.9 Å². The van der Waals surface area contributed by atoms with Gasteiger partial charge in [-0.15, -0.1) is 0 Å². The van der Waals surface area contributed by atoms with E-state index in [1.165, 1.54) is 6.07 Å². The van der Waals surface area contributed by atoms with Crippen LogP contribution >= 0.6 is 0 Å². The van der Waals surface area contributed by atoms with Crippen LogP contribution in [0.3, 0.4) is 0 Å². The van der Waals surface area contributed by atoms with Crippen molar-refractivity contribution in [1.82, 2.24) is 0 Å². The van der Waals surface area contributed by atoms with Crippen LogP contribution < -0.4 is 10.1 Å². The molecule has 21 heavy (non-hydrogen) atoms. The standard InChI is InChI=1S/C16H18N2O3/c1-2-10-21-16-11-14(8-9-15(16)18(19)20)17-12-13-6-4-3-5-7-13/h3-9,11,17H,2,10,12H2,1H3. The predicted molar refractivity (Wildman–Crippen MR) is 82.7 cm³/mol. The number of nitrogens with zero attached hydrogens (tertiary/aromatic N) is 1. The van der Waals surface area contributed by atoms with Crippen molar-refractivity contribution in [3.05, 3.63) is 64.2 Å². The third kappa shape index (κ3) is 4.21. The first-order valence-electron chi connectivity index (χ1n) is 6.89. The summed E-state index contributed by atoms with van der Waals surface area (Å²) in [4.78, 5) is 10.6. The predicted octanol–water partition coefficient (Wildman–Crippen LogP) is 4.00. The number of hydrogen-bond acceptors (Lipinski definition) is 4. The van der Waals surface area contributed by atoms with Gasteiger partial charge in [0.05, 0.1) is 11.5 Å². The second-order valence-electron chi connectivity index (χ2n) is 4.63. The molecule has 5 heteroatoms. The van der Waals surface area contributed by atoms with Crippen molar-refractivity contribution in [3.8, 4) is 5.75 Å². The van der Waals surface area contributed by atoms with Crippen LogP contribution in [-0.4, -0.2) is 11.5 Å². The number of nitro benzene ring substituents is 1. The van der Waals surface area contributed by atoms with E-state index in [0.29, 0.717) is 18.9 Å². The summed E-state index contributed by atoms with van der Waals surface area (Å²) in [6.45, 7) is 3.08. The minimum absolute atomic E-state index is 0.00582. The van der Waals surface area contributed by atoms with Gasteiger partial charge in [0.25, 0.3) is 0 Å². The van der Waals surface area contributed by atoms with E-state index in [0.717, 1.165) is 17.7 Å². The Kier molecular flexibility index (Phi) is 5.15. The van der Waals surface area contributed by atoms with Gasteiger partial charge in [-0.05, 0) is 18.1 Å². The molecule has 0 aromatic heterocycles. The van der Waals surface area contributed by atoms with Crippen molar-refractivity contribution in [2.24, 2.45) is 0 Å². The van der Waals surface area contributed by atoms with Gasteiger partial charge < -0.3 is 10.1 Å². The first-order valence-corrected chi connectivity index (χ1v) is 6.89. The Bertz CT molecular complexity index is 600. The summed E-state index contributed by atoms with van der Waals surface area (Å²) < 4.78 is 5.46. The molecule has 0 spiro atoms. The number of benzene rings is 2. The molecule has 1 N–H and O–H groups in total. The Balaban J connectivity index is 2.11. The molecular weight excluding hydrogens is 268 g/mol. The maximum Gasteiger partial charge on any atom is 0.311 e. The fraction of sp³-hybridized carbons (Fsp3) is 0.250. The van der Waals surface area contributed by atoms with Crippen molar-refractivity contribution in [2.75, 3.05) is 11.9 Å². The highest BCUT2D eigenvalue weighted by atomic mass is 16.6. The minimum atomic E-state index is -0.425. The van der Waals surface area contributed by atoms with Gasteiger partial charge in [-0.2, -0.15) is 0 Å². The monoisotopic (exact) mass is 286 g/mol. The van der Waals surface area contributed by atoms with E-state index in [-0.39, 0.29) is 5.69 Å². The minimum Gasteiger partial charge on any atom is -0.487 e. The summed E-state index contributed by atoms with van der Waals surface area (Å²) in [7, 11) is 0. The smallest absolute Gasteiger partial charge is 0.311 e. The second-order valence-corrected chi connectivity index (χ2v) is 4.63. The lowest BCUT2D eigenvalue weighted by molar-refractivity contribution is -0.385. The van der Waals surface area contributed by atoms with Gasteiger partial charge >= 0.3 is 5.69 Å². The molecule has 0 atom stereocenters. The van der Waals surface area contributed by atoms with Gasteiger partial charge in [-0.3, -0.25) is 10.1 Å². The number of hydrogen-bond donors (Lipinski definition) is 1. The number of anilines is 1. The molecule has 0 heterocycles. The van der Waals surface area contributed by atoms with E-state index < -0.39 is 4.92 Å². The van der Waals surface area contributed by atoms with Crippen molar-refractivity contribution in [3.63, 3.8) is 0 Å². The Labute approximate surface area is 123 Å². The quantitative estimate of drug-likeness (QED) is 0.617. The first-order chi connectivity index (χ1) is 10.2. The van der Waals surface area contributed by atoms with Crippen LogP contribution in [0, 0.1) is 10.1 Å². The fourth-order valence-electron chi connectivity index (χ4n) is 1.90. The molecule has 0 radical (unpaired) electrons. The Hall–Kier alpha value is -2.56. The summed E-state index contributed by atoms with van der Waals surface area (Å²) >= 11 is 0. The molecule has 0 saturated heterocycles. The molecule has 0 bridgehead atoms. The van der Waals surface area contributed by atoms with Crippen LogP contribution in [0.2, 0.25) is 0 Å². The topological polar surface area (TPSA) is 64.4 Å². The highest BCUT2D eigenvalue weighted by Crippen LogP contribution is 2.30. The molecule has 5 nitrogen and oxygen atoms in total. The first kappa shape index (κ1) is 14.8. The molecule has 0 aliphatic carbocycles. The second kappa shape index (κ2) is 7.28. The van der Waals surface area contributed by atoms with Crippen molar-refractivity contribution >= 4 is 11.4 Å². The van der Waals surface area contributed by atoms with Gasteiger partial charge in [-0.25, -0.2) is 0 Å². The van der Waals surface area contributed by atoms with E-state index >= 15 is 0 Å².